The zero-order valence-corrected chi connectivity index (χ0v) is 6.34. The molecule has 0 aliphatic carbocycles. The fraction of sp³-hybridized carbons (Fsp3) is 0.333. The first-order valence-electron chi connectivity index (χ1n) is 2.82. The van der Waals surface area contributed by atoms with Crippen LogP contribution in [0.4, 0.5) is 0 Å². The van der Waals surface area contributed by atoms with Crippen molar-refractivity contribution in [3.63, 3.8) is 0 Å². The van der Waals surface area contributed by atoms with Crippen molar-refractivity contribution >= 4 is 23.5 Å². The quantitative estimate of drug-likeness (QED) is 0.288. The number of hydrogen-bond acceptors (Lipinski definition) is 2. The van der Waals surface area contributed by atoms with Gasteiger partial charge in [0.25, 0.3) is 0 Å². The predicted molar refractivity (Wildman–Crippen MR) is 38.7 cm³/mol. The number of alkyl halides is 1. The lowest BCUT2D eigenvalue weighted by molar-refractivity contribution is -0.140. The van der Waals surface area contributed by atoms with Crippen molar-refractivity contribution in [2.75, 3.05) is 5.88 Å². The van der Waals surface area contributed by atoms with Crippen molar-refractivity contribution in [2.45, 2.75) is 6.42 Å². The Morgan fingerprint density at radius 3 is 2.00 bits per heavy atom. The van der Waals surface area contributed by atoms with Crippen LogP contribution in [0.15, 0.2) is 11.6 Å². The molecule has 0 amide bonds. The summed E-state index contributed by atoms with van der Waals surface area (Å²) in [6, 6.07) is 0. The minimum atomic E-state index is -1.44. The van der Waals surface area contributed by atoms with E-state index in [2.05, 4.69) is 0 Å². The lowest BCUT2D eigenvalue weighted by Crippen LogP contribution is -2.11. The SMILES string of the molecule is O=C(O)C(=CCCCl)C(=O)O. The molecule has 0 saturated carbocycles. The fourth-order valence-corrected chi connectivity index (χ4v) is 0.574. The highest BCUT2D eigenvalue weighted by molar-refractivity contribution is 6.18. The van der Waals surface area contributed by atoms with Crippen molar-refractivity contribution < 1.29 is 19.8 Å². The number of carboxylic acids is 2. The molecule has 0 aromatic heterocycles. The summed E-state index contributed by atoms with van der Waals surface area (Å²) >= 11 is 5.22. The Morgan fingerprint density at radius 2 is 1.73 bits per heavy atom. The third kappa shape index (κ3) is 3.62. The second-order valence-electron chi connectivity index (χ2n) is 1.71. The first-order valence-corrected chi connectivity index (χ1v) is 3.35. The molecule has 0 spiro atoms. The Labute approximate surface area is 68.1 Å². The second-order valence-corrected chi connectivity index (χ2v) is 2.08. The summed E-state index contributed by atoms with van der Waals surface area (Å²) in [5.74, 6) is -2.67. The molecule has 0 radical (unpaired) electrons. The van der Waals surface area contributed by atoms with Crippen molar-refractivity contribution in [3.8, 4) is 0 Å². The summed E-state index contributed by atoms with van der Waals surface area (Å²) < 4.78 is 0. The molecule has 0 rings (SSSR count). The summed E-state index contributed by atoms with van der Waals surface area (Å²) in [7, 11) is 0. The Hall–Kier alpha value is -1.03. The van der Waals surface area contributed by atoms with E-state index in [1.807, 2.05) is 0 Å². The number of aliphatic carboxylic acids is 2. The minimum Gasteiger partial charge on any atom is -0.477 e. The van der Waals surface area contributed by atoms with Crippen LogP contribution in [-0.4, -0.2) is 28.0 Å². The minimum absolute atomic E-state index is 0.212. The lowest BCUT2D eigenvalue weighted by Gasteiger charge is -1.92. The van der Waals surface area contributed by atoms with E-state index in [4.69, 9.17) is 21.8 Å². The van der Waals surface area contributed by atoms with Gasteiger partial charge in [-0.3, -0.25) is 0 Å². The first kappa shape index (κ1) is 9.97. The van der Waals surface area contributed by atoms with Gasteiger partial charge in [-0.25, -0.2) is 9.59 Å². The van der Waals surface area contributed by atoms with Gasteiger partial charge in [0.05, 0.1) is 0 Å². The molecule has 0 aromatic rings. The van der Waals surface area contributed by atoms with Crippen molar-refractivity contribution in [3.05, 3.63) is 11.6 Å². The number of allylic oxidation sites excluding steroid dienone is 1. The Kier molecular flexibility index (Phi) is 4.29. The van der Waals surface area contributed by atoms with E-state index in [9.17, 15) is 9.59 Å². The summed E-state index contributed by atoms with van der Waals surface area (Å²) in [6.45, 7) is 0. The van der Waals surface area contributed by atoms with Gasteiger partial charge in [-0.15, -0.1) is 11.6 Å². The Bertz CT molecular complexity index is 181. The molecule has 0 bridgehead atoms. The molecule has 5 heteroatoms. The van der Waals surface area contributed by atoms with Crippen LogP contribution in [0.25, 0.3) is 0 Å². The number of carboxylic acid groups (broad SMARTS) is 2. The third-order valence-electron chi connectivity index (χ3n) is 0.918. The lowest BCUT2D eigenvalue weighted by atomic mass is 10.2. The molecular weight excluding hydrogens is 172 g/mol. The molecule has 0 unspecified atom stereocenters. The van der Waals surface area contributed by atoms with Crippen LogP contribution in [0.2, 0.25) is 0 Å². The van der Waals surface area contributed by atoms with Crippen LogP contribution in [0.3, 0.4) is 0 Å². The summed E-state index contributed by atoms with van der Waals surface area (Å²) in [5.41, 5.74) is -0.634. The summed E-state index contributed by atoms with van der Waals surface area (Å²) in [4.78, 5) is 20.3. The van der Waals surface area contributed by atoms with Crippen LogP contribution in [0, 0.1) is 0 Å². The molecule has 0 atom stereocenters. The molecule has 0 saturated heterocycles. The standard InChI is InChI=1S/C6H7ClO4/c7-3-1-2-4(5(8)9)6(10)11/h2H,1,3H2,(H,8,9)(H,10,11). The molecule has 62 valence electrons. The van der Waals surface area contributed by atoms with Gasteiger partial charge in [-0.2, -0.15) is 0 Å². The molecule has 0 heterocycles. The van der Waals surface area contributed by atoms with Gasteiger partial charge in [-0.05, 0) is 6.42 Å². The average Bonchev–Trinajstić information content (AvgIpc) is 1.87. The monoisotopic (exact) mass is 178 g/mol. The molecule has 11 heavy (non-hydrogen) atoms. The number of halogens is 1. The van der Waals surface area contributed by atoms with Gasteiger partial charge >= 0.3 is 11.9 Å². The molecule has 0 fully saturated rings. The smallest absolute Gasteiger partial charge is 0.342 e. The van der Waals surface area contributed by atoms with E-state index >= 15 is 0 Å². The molecule has 2 N–H and O–H groups in total. The number of carbonyl (C=O) groups is 2. The van der Waals surface area contributed by atoms with E-state index in [-0.39, 0.29) is 12.3 Å². The maximum atomic E-state index is 10.2. The maximum Gasteiger partial charge on any atom is 0.342 e. The van der Waals surface area contributed by atoms with Crippen molar-refractivity contribution in [1.82, 2.24) is 0 Å². The van der Waals surface area contributed by atoms with Gasteiger partial charge in [0.15, 0.2) is 0 Å². The fourth-order valence-electron chi connectivity index (χ4n) is 0.465. The van der Waals surface area contributed by atoms with Gasteiger partial charge in [0.1, 0.15) is 5.57 Å². The topological polar surface area (TPSA) is 74.6 Å². The molecule has 0 aliphatic rings. The molecular formula is C6H7ClO4. The molecule has 0 aromatic carbocycles. The zero-order valence-electron chi connectivity index (χ0n) is 5.58. The van der Waals surface area contributed by atoms with Crippen LogP contribution in [0.5, 0.6) is 0 Å². The van der Waals surface area contributed by atoms with E-state index in [0.717, 1.165) is 6.08 Å². The Balaban J connectivity index is 4.33. The maximum absolute atomic E-state index is 10.2. The van der Waals surface area contributed by atoms with E-state index < -0.39 is 17.5 Å². The van der Waals surface area contributed by atoms with Gasteiger partial charge in [-0.1, -0.05) is 6.08 Å². The van der Waals surface area contributed by atoms with Crippen LogP contribution in [-0.2, 0) is 9.59 Å². The first-order chi connectivity index (χ1) is 5.09. The van der Waals surface area contributed by atoms with E-state index in [1.165, 1.54) is 0 Å². The van der Waals surface area contributed by atoms with Gasteiger partial charge in [0.2, 0.25) is 0 Å². The average molecular weight is 179 g/mol. The van der Waals surface area contributed by atoms with Crippen LogP contribution in [0.1, 0.15) is 6.42 Å². The zero-order chi connectivity index (χ0) is 8.85. The summed E-state index contributed by atoms with van der Waals surface area (Å²) in [6.07, 6.45) is 1.33. The van der Waals surface area contributed by atoms with Crippen molar-refractivity contribution in [1.29, 1.82) is 0 Å². The highest BCUT2D eigenvalue weighted by atomic mass is 35.5. The van der Waals surface area contributed by atoms with E-state index in [0.29, 0.717) is 0 Å². The van der Waals surface area contributed by atoms with Gasteiger partial charge in [0, 0.05) is 5.88 Å². The van der Waals surface area contributed by atoms with Gasteiger partial charge < -0.3 is 10.2 Å². The Morgan fingerprint density at radius 1 is 1.27 bits per heavy atom. The number of hydrogen-bond donors (Lipinski definition) is 2. The third-order valence-corrected chi connectivity index (χ3v) is 1.14. The normalized spacial score (nSPS) is 8.82. The molecule has 4 nitrogen and oxygen atoms in total. The highest BCUT2D eigenvalue weighted by Crippen LogP contribution is 1.98. The summed E-state index contributed by atoms with van der Waals surface area (Å²) in [5, 5.41) is 16.6. The van der Waals surface area contributed by atoms with E-state index in [1.54, 1.807) is 0 Å². The molecule has 0 aliphatic heterocycles. The predicted octanol–water partition coefficient (Wildman–Crippen LogP) is 0.711. The highest BCUT2D eigenvalue weighted by Gasteiger charge is 2.14. The van der Waals surface area contributed by atoms with Crippen LogP contribution < -0.4 is 0 Å². The second kappa shape index (κ2) is 4.73. The van der Waals surface area contributed by atoms with Crippen LogP contribution >= 0.6 is 11.6 Å². The number of rotatable bonds is 4. The largest absolute Gasteiger partial charge is 0.477 e. The van der Waals surface area contributed by atoms with Crippen molar-refractivity contribution in [2.24, 2.45) is 0 Å².